The lowest BCUT2D eigenvalue weighted by Crippen LogP contribution is -2.31. The Kier molecular flexibility index (Phi) is 5.08. The van der Waals surface area contributed by atoms with Crippen LogP contribution in [0.4, 0.5) is 0 Å². The van der Waals surface area contributed by atoms with Crippen LogP contribution in [-0.4, -0.2) is 12.4 Å². The summed E-state index contributed by atoms with van der Waals surface area (Å²) in [6, 6.07) is 5.57. The van der Waals surface area contributed by atoms with Gasteiger partial charge in [0.05, 0.1) is 5.02 Å². The molecule has 3 N–H and O–H groups in total. The van der Waals surface area contributed by atoms with Crippen LogP contribution in [0.15, 0.2) is 27.7 Å². The Morgan fingerprint density at radius 2 is 2.33 bits per heavy atom. The molecule has 0 unspecified atom stereocenters. The van der Waals surface area contributed by atoms with Crippen molar-refractivity contribution in [3.8, 4) is 0 Å². The van der Waals surface area contributed by atoms with Gasteiger partial charge in [-0.25, -0.2) is 5.84 Å². The van der Waals surface area contributed by atoms with E-state index in [1.54, 1.807) is 6.07 Å². The lowest BCUT2D eigenvalue weighted by Gasteiger charge is -2.08. The number of halogens is 2. The van der Waals surface area contributed by atoms with Crippen molar-refractivity contribution in [2.24, 2.45) is 10.8 Å². The van der Waals surface area contributed by atoms with Crippen molar-refractivity contribution in [3.05, 3.63) is 33.3 Å². The van der Waals surface area contributed by atoms with Crippen LogP contribution < -0.4 is 11.3 Å². The second-order valence-electron chi connectivity index (χ2n) is 3.00. The van der Waals surface area contributed by atoms with Crippen molar-refractivity contribution in [2.75, 3.05) is 6.54 Å². The Bertz CT molecular complexity index is 366. The van der Waals surface area contributed by atoms with Crippen molar-refractivity contribution in [3.63, 3.8) is 0 Å². The molecule has 0 aliphatic rings. The van der Waals surface area contributed by atoms with E-state index in [9.17, 15) is 0 Å². The molecular formula is C10H13BrClN3. The zero-order valence-corrected chi connectivity index (χ0v) is 10.8. The quantitative estimate of drug-likeness (QED) is 0.389. The first-order valence-corrected chi connectivity index (χ1v) is 5.82. The van der Waals surface area contributed by atoms with Gasteiger partial charge in [0, 0.05) is 16.6 Å². The molecule has 0 aromatic heterocycles. The molecule has 5 heteroatoms. The molecule has 1 aromatic rings. The van der Waals surface area contributed by atoms with Crippen LogP contribution in [0.5, 0.6) is 0 Å². The van der Waals surface area contributed by atoms with Gasteiger partial charge in [-0.05, 0) is 24.6 Å². The molecule has 0 aliphatic heterocycles. The third-order valence-electron chi connectivity index (χ3n) is 1.81. The van der Waals surface area contributed by atoms with Crippen molar-refractivity contribution in [1.82, 2.24) is 5.43 Å². The number of nitrogens with two attached hydrogens (primary N) is 1. The number of aliphatic imine (C=N–C) groups is 1. The summed E-state index contributed by atoms with van der Waals surface area (Å²) in [5.74, 6) is 6.02. The number of nitrogens with zero attached hydrogens (tertiary/aromatic N) is 1. The first-order valence-electron chi connectivity index (χ1n) is 4.65. The van der Waals surface area contributed by atoms with Gasteiger partial charge in [-0.2, -0.15) is 0 Å². The van der Waals surface area contributed by atoms with E-state index >= 15 is 0 Å². The normalized spacial score (nSPS) is 11.6. The molecular weight excluding hydrogens is 277 g/mol. The van der Waals surface area contributed by atoms with Gasteiger partial charge in [0.1, 0.15) is 5.84 Å². The van der Waals surface area contributed by atoms with E-state index in [2.05, 4.69) is 33.3 Å². The van der Waals surface area contributed by atoms with Crippen LogP contribution >= 0.6 is 27.5 Å². The first-order chi connectivity index (χ1) is 7.19. The summed E-state index contributed by atoms with van der Waals surface area (Å²) in [5.41, 5.74) is 3.37. The third-order valence-corrected chi connectivity index (χ3v) is 2.64. The molecule has 1 rings (SSSR count). The maximum absolute atomic E-state index is 6.05. The molecule has 0 aliphatic carbocycles. The number of hydrogen-bond donors (Lipinski definition) is 2. The summed E-state index contributed by atoms with van der Waals surface area (Å²) in [6.07, 6.45) is 0.969. The number of rotatable bonds is 3. The van der Waals surface area contributed by atoms with Crippen molar-refractivity contribution in [1.29, 1.82) is 0 Å². The molecule has 0 saturated heterocycles. The molecule has 3 nitrogen and oxygen atoms in total. The highest BCUT2D eigenvalue weighted by molar-refractivity contribution is 9.10. The van der Waals surface area contributed by atoms with Gasteiger partial charge >= 0.3 is 0 Å². The summed E-state index contributed by atoms with van der Waals surface area (Å²) < 4.78 is 0.946. The average Bonchev–Trinajstić information content (AvgIpc) is 2.24. The molecule has 0 bridgehead atoms. The Morgan fingerprint density at radius 1 is 1.60 bits per heavy atom. The van der Waals surface area contributed by atoms with E-state index in [1.165, 1.54) is 0 Å². The lowest BCUT2D eigenvalue weighted by molar-refractivity contribution is 0.907. The van der Waals surface area contributed by atoms with Crippen LogP contribution in [0.2, 0.25) is 5.02 Å². The molecule has 0 radical (unpaired) electrons. The van der Waals surface area contributed by atoms with Gasteiger partial charge in [0.15, 0.2) is 0 Å². The molecule has 1 aromatic carbocycles. The minimum absolute atomic E-state index is 0.614. The summed E-state index contributed by atoms with van der Waals surface area (Å²) >= 11 is 9.43. The molecule has 0 spiro atoms. The zero-order chi connectivity index (χ0) is 11.3. The maximum Gasteiger partial charge on any atom is 0.144 e. The minimum atomic E-state index is 0.614. The average molecular weight is 291 g/mol. The highest BCUT2D eigenvalue weighted by Gasteiger charge is 2.07. The molecule has 82 valence electrons. The van der Waals surface area contributed by atoms with Crippen molar-refractivity contribution in [2.45, 2.75) is 13.3 Å². The van der Waals surface area contributed by atoms with E-state index in [0.717, 1.165) is 23.0 Å². The van der Waals surface area contributed by atoms with E-state index in [-0.39, 0.29) is 0 Å². The molecule has 0 fully saturated rings. The molecule has 0 heterocycles. The van der Waals surface area contributed by atoms with Gasteiger partial charge in [-0.3, -0.25) is 4.99 Å². The zero-order valence-electron chi connectivity index (χ0n) is 8.43. The highest BCUT2D eigenvalue weighted by Crippen LogP contribution is 2.21. The van der Waals surface area contributed by atoms with Gasteiger partial charge in [-0.15, -0.1) is 0 Å². The Hall–Kier alpha value is -0.580. The van der Waals surface area contributed by atoms with Gasteiger partial charge in [0.25, 0.3) is 0 Å². The molecule has 0 saturated carbocycles. The second-order valence-corrected chi connectivity index (χ2v) is 4.32. The Balaban J connectivity index is 3.05. The predicted octanol–water partition coefficient (Wildman–Crippen LogP) is 2.72. The topological polar surface area (TPSA) is 50.4 Å². The number of amidine groups is 1. The van der Waals surface area contributed by atoms with E-state index < -0.39 is 0 Å². The largest absolute Gasteiger partial charge is 0.308 e. The number of hydrogen-bond acceptors (Lipinski definition) is 2. The van der Waals surface area contributed by atoms with Crippen LogP contribution in [0.1, 0.15) is 18.9 Å². The summed E-state index contributed by atoms with van der Waals surface area (Å²) in [4.78, 5) is 4.31. The first kappa shape index (κ1) is 12.5. The van der Waals surface area contributed by atoms with Gasteiger partial charge in [-0.1, -0.05) is 34.5 Å². The van der Waals surface area contributed by atoms with Crippen molar-refractivity contribution >= 4 is 33.4 Å². The standard InChI is InChI=1S/C10H13BrClN3/c1-2-5-14-10(15-13)8-6-7(11)3-4-9(8)12/h3-4,6H,2,5,13H2,1H3,(H,14,15). The van der Waals surface area contributed by atoms with E-state index in [4.69, 9.17) is 17.4 Å². The molecule has 0 atom stereocenters. The van der Waals surface area contributed by atoms with Crippen molar-refractivity contribution < 1.29 is 0 Å². The lowest BCUT2D eigenvalue weighted by atomic mass is 10.2. The van der Waals surface area contributed by atoms with E-state index in [1.807, 2.05) is 12.1 Å². The fourth-order valence-corrected chi connectivity index (χ4v) is 1.68. The number of benzene rings is 1. The molecule has 0 amide bonds. The minimum Gasteiger partial charge on any atom is -0.308 e. The number of hydrazine groups is 1. The van der Waals surface area contributed by atoms with E-state index in [0.29, 0.717) is 10.9 Å². The van der Waals surface area contributed by atoms with Gasteiger partial charge < -0.3 is 5.43 Å². The summed E-state index contributed by atoms with van der Waals surface area (Å²) in [5, 5.41) is 0.631. The SMILES string of the molecule is CCCN=C(NN)c1cc(Br)ccc1Cl. The maximum atomic E-state index is 6.05. The molecule has 15 heavy (non-hydrogen) atoms. The Morgan fingerprint density at radius 3 is 2.93 bits per heavy atom. The van der Waals surface area contributed by atoms with Crippen LogP contribution in [0.25, 0.3) is 0 Å². The summed E-state index contributed by atoms with van der Waals surface area (Å²) in [6.45, 7) is 2.78. The van der Waals surface area contributed by atoms with Crippen LogP contribution in [0, 0.1) is 0 Å². The smallest absolute Gasteiger partial charge is 0.144 e. The monoisotopic (exact) mass is 289 g/mol. The number of nitrogens with one attached hydrogen (secondary N) is 1. The fourth-order valence-electron chi connectivity index (χ4n) is 1.11. The third kappa shape index (κ3) is 3.48. The predicted molar refractivity (Wildman–Crippen MR) is 68.2 cm³/mol. The van der Waals surface area contributed by atoms with Crippen LogP contribution in [0.3, 0.4) is 0 Å². The van der Waals surface area contributed by atoms with Crippen LogP contribution in [-0.2, 0) is 0 Å². The Labute approximate surface area is 103 Å². The highest BCUT2D eigenvalue weighted by atomic mass is 79.9. The van der Waals surface area contributed by atoms with Gasteiger partial charge in [0.2, 0.25) is 0 Å². The fraction of sp³-hybridized carbons (Fsp3) is 0.300. The second kappa shape index (κ2) is 6.10. The summed E-state index contributed by atoms with van der Waals surface area (Å²) in [7, 11) is 0.